The molecule has 0 heterocycles. The zero-order chi connectivity index (χ0) is 25.0. The monoisotopic (exact) mass is 471 g/mol. The lowest BCUT2D eigenvalue weighted by Crippen LogP contribution is -2.20. The van der Waals surface area contributed by atoms with Crippen molar-refractivity contribution >= 4 is 29.3 Å². The van der Waals surface area contributed by atoms with E-state index in [0.29, 0.717) is 40.8 Å². The number of ether oxygens (including phenoxy) is 3. The van der Waals surface area contributed by atoms with Crippen molar-refractivity contribution in [1.82, 2.24) is 0 Å². The SMILES string of the molecule is CCOc1ccc(NC(=O)/C(C#N)=C/c2cccc(OCC(=O)Nc3ccccc3OC)c2)cc1. The molecule has 0 aliphatic rings. The van der Waals surface area contributed by atoms with Crippen LogP contribution >= 0.6 is 0 Å². The standard InChI is InChI=1S/C27H25N3O5/c1-3-34-22-13-11-21(12-14-22)29-27(32)20(17-28)15-19-7-6-8-23(16-19)35-18-26(31)30-24-9-4-5-10-25(24)33-2/h4-16H,3,18H2,1-2H3,(H,29,32)(H,30,31)/b20-15+. The van der Waals surface area contributed by atoms with Crippen molar-refractivity contribution in [2.45, 2.75) is 6.92 Å². The molecule has 0 aliphatic heterocycles. The number of nitrogens with one attached hydrogen (secondary N) is 2. The number of rotatable bonds is 10. The Morgan fingerprint density at radius 1 is 0.943 bits per heavy atom. The quantitative estimate of drug-likeness (QED) is 0.329. The van der Waals surface area contributed by atoms with Gasteiger partial charge in [-0.1, -0.05) is 24.3 Å². The van der Waals surface area contributed by atoms with Gasteiger partial charge < -0.3 is 24.8 Å². The molecule has 8 nitrogen and oxygen atoms in total. The number of carbonyl (C=O) groups excluding carboxylic acids is 2. The maximum atomic E-state index is 12.6. The number of benzene rings is 3. The molecule has 2 N–H and O–H groups in total. The Hall–Kier alpha value is -4.77. The van der Waals surface area contributed by atoms with Crippen LogP contribution in [0.15, 0.2) is 78.4 Å². The van der Waals surface area contributed by atoms with Gasteiger partial charge in [-0.3, -0.25) is 9.59 Å². The second-order valence-corrected chi connectivity index (χ2v) is 7.19. The summed E-state index contributed by atoms with van der Waals surface area (Å²) >= 11 is 0. The number of hydrogen-bond acceptors (Lipinski definition) is 6. The van der Waals surface area contributed by atoms with Gasteiger partial charge in [-0.05, 0) is 67.1 Å². The van der Waals surface area contributed by atoms with Gasteiger partial charge in [0.25, 0.3) is 11.8 Å². The summed E-state index contributed by atoms with van der Waals surface area (Å²) in [6, 6.07) is 22.6. The molecule has 3 aromatic rings. The second-order valence-electron chi connectivity index (χ2n) is 7.19. The van der Waals surface area contributed by atoms with Crippen LogP contribution < -0.4 is 24.8 Å². The highest BCUT2D eigenvalue weighted by Gasteiger charge is 2.11. The van der Waals surface area contributed by atoms with Gasteiger partial charge in [0.05, 0.1) is 19.4 Å². The average Bonchev–Trinajstić information content (AvgIpc) is 2.88. The Balaban J connectivity index is 1.62. The van der Waals surface area contributed by atoms with Gasteiger partial charge in [0, 0.05) is 5.69 Å². The highest BCUT2D eigenvalue weighted by atomic mass is 16.5. The number of para-hydroxylation sites is 2. The van der Waals surface area contributed by atoms with Crippen molar-refractivity contribution in [3.63, 3.8) is 0 Å². The van der Waals surface area contributed by atoms with E-state index in [0.717, 1.165) is 0 Å². The second kappa shape index (κ2) is 12.5. The first-order valence-electron chi connectivity index (χ1n) is 10.8. The molecule has 3 aromatic carbocycles. The molecule has 0 aromatic heterocycles. The van der Waals surface area contributed by atoms with E-state index < -0.39 is 5.91 Å². The van der Waals surface area contributed by atoms with E-state index in [4.69, 9.17) is 14.2 Å². The Kier molecular flexibility index (Phi) is 8.85. The maximum absolute atomic E-state index is 12.6. The number of hydrogen-bond donors (Lipinski definition) is 2. The van der Waals surface area contributed by atoms with Gasteiger partial charge in [0.2, 0.25) is 0 Å². The van der Waals surface area contributed by atoms with Crippen molar-refractivity contribution in [2.75, 3.05) is 31.0 Å². The molecule has 178 valence electrons. The molecular weight excluding hydrogens is 446 g/mol. The largest absolute Gasteiger partial charge is 0.495 e. The van der Waals surface area contributed by atoms with E-state index in [9.17, 15) is 14.9 Å². The van der Waals surface area contributed by atoms with Crippen LogP contribution in [0.1, 0.15) is 12.5 Å². The summed E-state index contributed by atoms with van der Waals surface area (Å²) in [5.41, 5.74) is 1.58. The number of amides is 2. The molecule has 0 aliphatic carbocycles. The van der Waals surface area contributed by atoms with E-state index in [1.54, 1.807) is 72.8 Å². The molecule has 0 radical (unpaired) electrons. The minimum Gasteiger partial charge on any atom is -0.495 e. The van der Waals surface area contributed by atoms with Crippen LogP contribution in [0.4, 0.5) is 11.4 Å². The van der Waals surface area contributed by atoms with E-state index in [2.05, 4.69) is 10.6 Å². The lowest BCUT2D eigenvalue weighted by molar-refractivity contribution is -0.118. The van der Waals surface area contributed by atoms with Crippen LogP contribution in [0.25, 0.3) is 6.08 Å². The molecule has 3 rings (SSSR count). The summed E-state index contributed by atoms with van der Waals surface area (Å²) in [6.07, 6.45) is 1.45. The zero-order valence-corrected chi connectivity index (χ0v) is 19.4. The van der Waals surface area contributed by atoms with Crippen LogP contribution in [0.3, 0.4) is 0 Å². The summed E-state index contributed by atoms with van der Waals surface area (Å²) < 4.78 is 16.2. The third-order valence-corrected chi connectivity index (χ3v) is 4.71. The lowest BCUT2D eigenvalue weighted by Gasteiger charge is -2.11. The van der Waals surface area contributed by atoms with Crippen LogP contribution in [0.5, 0.6) is 17.2 Å². The minimum absolute atomic E-state index is 0.0787. The highest BCUT2D eigenvalue weighted by molar-refractivity contribution is 6.09. The Labute approximate surface area is 203 Å². The van der Waals surface area contributed by atoms with Crippen LogP contribution in [-0.4, -0.2) is 32.1 Å². The number of anilines is 2. The van der Waals surface area contributed by atoms with Gasteiger partial charge in [0.15, 0.2) is 6.61 Å². The van der Waals surface area contributed by atoms with Crippen LogP contribution in [0.2, 0.25) is 0 Å². The normalized spacial score (nSPS) is 10.6. The zero-order valence-electron chi connectivity index (χ0n) is 19.4. The van der Waals surface area contributed by atoms with Crippen molar-refractivity contribution in [2.24, 2.45) is 0 Å². The Morgan fingerprint density at radius 2 is 1.71 bits per heavy atom. The minimum atomic E-state index is -0.542. The summed E-state index contributed by atoms with van der Waals surface area (Å²) in [6.45, 7) is 2.20. The van der Waals surface area contributed by atoms with Gasteiger partial charge in [-0.25, -0.2) is 0 Å². The van der Waals surface area contributed by atoms with Gasteiger partial charge in [0.1, 0.15) is 28.9 Å². The fourth-order valence-corrected chi connectivity index (χ4v) is 3.09. The Morgan fingerprint density at radius 3 is 2.43 bits per heavy atom. The maximum Gasteiger partial charge on any atom is 0.266 e. The predicted octanol–water partition coefficient (Wildman–Crippen LogP) is 4.66. The van der Waals surface area contributed by atoms with Gasteiger partial charge in [-0.15, -0.1) is 0 Å². The first kappa shape index (κ1) is 24.9. The van der Waals surface area contributed by atoms with Gasteiger partial charge >= 0.3 is 0 Å². The summed E-state index contributed by atoms with van der Waals surface area (Å²) in [5, 5.41) is 14.9. The first-order chi connectivity index (χ1) is 17.0. The first-order valence-corrected chi connectivity index (χ1v) is 10.8. The van der Waals surface area contributed by atoms with E-state index in [-0.39, 0.29) is 18.1 Å². The molecule has 0 fully saturated rings. The molecule has 0 bridgehead atoms. The number of methoxy groups -OCH3 is 1. The fourth-order valence-electron chi connectivity index (χ4n) is 3.09. The molecule has 0 unspecified atom stereocenters. The molecule has 0 spiro atoms. The molecule has 0 saturated heterocycles. The lowest BCUT2D eigenvalue weighted by atomic mass is 10.1. The van der Waals surface area contributed by atoms with Crippen molar-refractivity contribution in [3.8, 4) is 23.3 Å². The summed E-state index contributed by atoms with van der Waals surface area (Å²) in [5.74, 6) is 0.746. The van der Waals surface area contributed by atoms with Crippen LogP contribution in [-0.2, 0) is 9.59 Å². The van der Waals surface area contributed by atoms with E-state index >= 15 is 0 Å². The molecule has 0 atom stereocenters. The predicted molar refractivity (Wildman–Crippen MR) is 133 cm³/mol. The number of nitriles is 1. The summed E-state index contributed by atoms with van der Waals surface area (Å²) in [7, 11) is 1.52. The fraction of sp³-hybridized carbons (Fsp3) is 0.148. The number of carbonyl (C=O) groups is 2. The van der Waals surface area contributed by atoms with Crippen molar-refractivity contribution in [3.05, 3.63) is 83.9 Å². The highest BCUT2D eigenvalue weighted by Crippen LogP contribution is 2.23. The van der Waals surface area contributed by atoms with Gasteiger partial charge in [-0.2, -0.15) is 5.26 Å². The third-order valence-electron chi connectivity index (χ3n) is 4.71. The molecule has 0 saturated carbocycles. The molecule has 2 amide bonds. The third kappa shape index (κ3) is 7.37. The number of nitrogens with zero attached hydrogens (tertiary/aromatic N) is 1. The van der Waals surface area contributed by atoms with E-state index in [1.807, 2.05) is 13.0 Å². The van der Waals surface area contributed by atoms with Crippen molar-refractivity contribution in [1.29, 1.82) is 5.26 Å². The summed E-state index contributed by atoms with van der Waals surface area (Å²) in [4.78, 5) is 24.8. The van der Waals surface area contributed by atoms with E-state index in [1.165, 1.54) is 13.2 Å². The molecule has 35 heavy (non-hydrogen) atoms. The topological polar surface area (TPSA) is 110 Å². The van der Waals surface area contributed by atoms with Crippen LogP contribution in [0, 0.1) is 11.3 Å². The Bertz CT molecular complexity index is 1250. The van der Waals surface area contributed by atoms with Crippen molar-refractivity contribution < 1.29 is 23.8 Å². The smallest absolute Gasteiger partial charge is 0.266 e. The molecule has 8 heteroatoms. The molecular formula is C27H25N3O5. The average molecular weight is 472 g/mol.